The van der Waals surface area contributed by atoms with Crippen LogP contribution in [0.5, 0.6) is 0 Å². The molecule has 0 aliphatic heterocycles. The third-order valence-corrected chi connectivity index (χ3v) is 4.03. The number of likely N-dealkylation sites (N-methyl/N-ethyl adjacent to an activating group) is 1. The molecule has 2 rings (SSSR count). The van der Waals surface area contributed by atoms with E-state index in [0.717, 1.165) is 17.7 Å². The van der Waals surface area contributed by atoms with Crippen LogP contribution in [0.1, 0.15) is 15.2 Å². The van der Waals surface area contributed by atoms with Crippen molar-refractivity contribution in [3.8, 4) is 0 Å². The van der Waals surface area contributed by atoms with Gasteiger partial charge in [-0.2, -0.15) is 0 Å². The number of carbonyl (C=O) groups excluding carboxylic acids is 2. The molecule has 2 amide bonds. The standard InChI is InChI=1S/C16H19N3O2S/c1-19(16(21)14-3-2-10-22-14)11-15(20)18-9-8-12-4-6-13(17)7-5-12/h2-7,10H,8-9,11,17H2,1H3,(H,18,20). The topological polar surface area (TPSA) is 75.4 Å². The quantitative estimate of drug-likeness (QED) is 0.797. The Morgan fingerprint density at radius 3 is 2.59 bits per heavy atom. The van der Waals surface area contributed by atoms with Gasteiger partial charge in [0.25, 0.3) is 5.91 Å². The lowest BCUT2D eigenvalue weighted by Gasteiger charge is -2.15. The highest BCUT2D eigenvalue weighted by Crippen LogP contribution is 2.10. The van der Waals surface area contributed by atoms with Crippen molar-refractivity contribution in [1.82, 2.24) is 10.2 Å². The predicted octanol–water partition coefficient (Wildman–Crippen LogP) is 1.76. The molecule has 0 unspecified atom stereocenters. The third-order valence-electron chi connectivity index (χ3n) is 3.17. The van der Waals surface area contributed by atoms with Gasteiger partial charge in [0.1, 0.15) is 0 Å². The van der Waals surface area contributed by atoms with Crippen LogP contribution in [0.2, 0.25) is 0 Å². The zero-order valence-electron chi connectivity index (χ0n) is 12.4. The van der Waals surface area contributed by atoms with E-state index >= 15 is 0 Å². The summed E-state index contributed by atoms with van der Waals surface area (Å²) in [4.78, 5) is 25.9. The van der Waals surface area contributed by atoms with Crippen LogP contribution in [-0.4, -0.2) is 36.9 Å². The first kappa shape index (κ1) is 16.0. The van der Waals surface area contributed by atoms with Crippen LogP contribution in [-0.2, 0) is 11.2 Å². The van der Waals surface area contributed by atoms with E-state index in [1.54, 1.807) is 13.1 Å². The molecule has 0 saturated carbocycles. The number of nitrogen functional groups attached to an aromatic ring is 1. The fourth-order valence-corrected chi connectivity index (χ4v) is 2.68. The number of hydrogen-bond acceptors (Lipinski definition) is 4. The lowest BCUT2D eigenvalue weighted by molar-refractivity contribution is -0.121. The number of nitrogens with two attached hydrogens (primary N) is 1. The molecule has 22 heavy (non-hydrogen) atoms. The maximum Gasteiger partial charge on any atom is 0.264 e. The average molecular weight is 317 g/mol. The highest BCUT2D eigenvalue weighted by molar-refractivity contribution is 7.12. The van der Waals surface area contributed by atoms with Gasteiger partial charge in [0.15, 0.2) is 0 Å². The van der Waals surface area contributed by atoms with E-state index in [1.165, 1.54) is 16.2 Å². The van der Waals surface area contributed by atoms with Gasteiger partial charge in [-0.15, -0.1) is 11.3 Å². The fraction of sp³-hybridized carbons (Fsp3) is 0.250. The van der Waals surface area contributed by atoms with E-state index in [2.05, 4.69) is 5.32 Å². The van der Waals surface area contributed by atoms with Crippen molar-refractivity contribution in [2.75, 3.05) is 25.9 Å². The molecule has 0 saturated heterocycles. The third kappa shape index (κ3) is 4.60. The summed E-state index contributed by atoms with van der Waals surface area (Å²) in [5.74, 6) is -0.300. The van der Waals surface area contributed by atoms with Crippen molar-refractivity contribution in [1.29, 1.82) is 0 Å². The Labute approximate surface area is 133 Å². The SMILES string of the molecule is CN(CC(=O)NCCc1ccc(N)cc1)C(=O)c1cccs1. The minimum absolute atomic E-state index is 0.0540. The van der Waals surface area contributed by atoms with E-state index in [9.17, 15) is 9.59 Å². The average Bonchev–Trinajstić information content (AvgIpc) is 3.02. The molecule has 3 N–H and O–H groups in total. The van der Waals surface area contributed by atoms with Crippen molar-refractivity contribution in [3.63, 3.8) is 0 Å². The van der Waals surface area contributed by atoms with Crippen LogP contribution in [0.4, 0.5) is 5.69 Å². The second-order valence-corrected chi connectivity index (χ2v) is 5.93. The van der Waals surface area contributed by atoms with Crippen LogP contribution in [0.25, 0.3) is 0 Å². The van der Waals surface area contributed by atoms with E-state index in [4.69, 9.17) is 5.73 Å². The summed E-state index contributed by atoms with van der Waals surface area (Å²) < 4.78 is 0. The Balaban J connectivity index is 1.73. The predicted molar refractivity (Wildman–Crippen MR) is 88.8 cm³/mol. The van der Waals surface area contributed by atoms with Crippen LogP contribution >= 0.6 is 11.3 Å². The summed E-state index contributed by atoms with van der Waals surface area (Å²) in [7, 11) is 1.63. The molecule has 1 heterocycles. The molecule has 1 aromatic heterocycles. The van der Waals surface area contributed by atoms with E-state index in [-0.39, 0.29) is 18.4 Å². The molecule has 5 nitrogen and oxygen atoms in total. The normalized spacial score (nSPS) is 10.2. The summed E-state index contributed by atoms with van der Waals surface area (Å²) >= 11 is 1.37. The number of amides is 2. The summed E-state index contributed by atoms with van der Waals surface area (Å²) in [6.07, 6.45) is 0.731. The van der Waals surface area contributed by atoms with Gasteiger partial charge >= 0.3 is 0 Å². The summed E-state index contributed by atoms with van der Waals surface area (Å²) in [5.41, 5.74) is 7.45. The molecule has 0 aliphatic carbocycles. The number of hydrogen-bond donors (Lipinski definition) is 2. The van der Waals surface area contributed by atoms with Crippen molar-refractivity contribution >= 4 is 28.8 Å². The van der Waals surface area contributed by atoms with E-state index in [1.807, 2.05) is 35.7 Å². The molecule has 6 heteroatoms. The molecule has 0 atom stereocenters. The van der Waals surface area contributed by atoms with E-state index < -0.39 is 0 Å². The van der Waals surface area contributed by atoms with Crippen LogP contribution < -0.4 is 11.1 Å². The molecule has 0 aliphatic rings. The highest BCUT2D eigenvalue weighted by atomic mass is 32.1. The number of carbonyl (C=O) groups is 2. The summed E-state index contributed by atoms with van der Waals surface area (Å²) in [6.45, 7) is 0.586. The smallest absolute Gasteiger partial charge is 0.264 e. The first-order chi connectivity index (χ1) is 10.6. The number of nitrogens with zero attached hydrogens (tertiary/aromatic N) is 1. The van der Waals surface area contributed by atoms with E-state index in [0.29, 0.717) is 11.4 Å². The number of rotatable bonds is 6. The zero-order chi connectivity index (χ0) is 15.9. The Morgan fingerprint density at radius 1 is 1.23 bits per heavy atom. The van der Waals surface area contributed by atoms with Gasteiger partial charge < -0.3 is 16.0 Å². The Bertz CT molecular complexity index is 623. The van der Waals surface area contributed by atoms with Gasteiger partial charge in [0.05, 0.1) is 11.4 Å². The van der Waals surface area contributed by atoms with Gasteiger partial charge in [-0.05, 0) is 35.6 Å². The molecule has 0 spiro atoms. The monoisotopic (exact) mass is 317 g/mol. The van der Waals surface area contributed by atoms with Gasteiger partial charge in [-0.25, -0.2) is 0 Å². The van der Waals surface area contributed by atoms with Crippen molar-refractivity contribution in [2.45, 2.75) is 6.42 Å². The molecule has 1 aromatic carbocycles. The largest absolute Gasteiger partial charge is 0.399 e. The highest BCUT2D eigenvalue weighted by Gasteiger charge is 2.15. The Kier molecular flexibility index (Phi) is 5.55. The van der Waals surface area contributed by atoms with Gasteiger partial charge in [0.2, 0.25) is 5.91 Å². The first-order valence-electron chi connectivity index (χ1n) is 6.96. The fourth-order valence-electron chi connectivity index (χ4n) is 1.96. The Morgan fingerprint density at radius 2 is 1.95 bits per heavy atom. The Hall–Kier alpha value is -2.34. The van der Waals surface area contributed by atoms with Crippen LogP contribution in [0.3, 0.4) is 0 Å². The molecule has 0 fully saturated rings. The number of thiophene rings is 1. The minimum atomic E-state index is -0.164. The maximum atomic E-state index is 12.0. The molecule has 2 aromatic rings. The molecular weight excluding hydrogens is 298 g/mol. The van der Waals surface area contributed by atoms with Crippen LogP contribution in [0, 0.1) is 0 Å². The van der Waals surface area contributed by atoms with Crippen LogP contribution in [0.15, 0.2) is 41.8 Å². The number of nitrogens with one attached hydrogen (secondary N) is 1. The van der Waals surface area contributed by atoms with Gasteiger partial charge in [-0.3, -0.25) is 9.59 Å². The van der Waals surface area contributed by atoms with Gasteiger partial charge in [0, 0.05) is 19.3 Å². The second-order valence-electron chi connectivity index (χ2n) is 4.98. The lowest BCUT2D eigenvalue weighted by atomic mass is 10.1. The van der Waals surface area contributed by atoms with Gasteiger partial charge in [-0.1, -0.05) is 18.2 Å². The molecular formula is C16H19N3O2S. The molecule has 0 bridgehead atoms. The molecule has 116 valence electrons. The second kappa shape index (κ2) is 7.61. The zero-order valence-corrected chi connectivity index (χ0v) is 13.2. The summed E-state index contributed by atoms with van der Waals surface area (Å²) in [5, 5.41) is 4.66. The maximum absolute atomic E-state index is 12.0. The van der Waals surface area contributed by atoms with Crippen molar-refractivity contribution < 1.29 is 9.59 Å². The number of anilines is 1. The minimum Gasteiger partial charge on any atom is -0.399 e. The lowest BCUT2D eigenvalue weighted by Crippen LogP contribution is -2.38. The number of benzene rings is 1. The first-order valence-corrected chi connectivity index (χ1v) is 7.84. The van der Waals surface area contributed by atoms with Crippen molar-refractivity contribution in [2.24, 2.45) is 0 Å². The van der Waals surface area contributed by atoms with Crippen molar-refractivity contribution in [3.05, 3.63) is 52.2 Å². The molecule has 0 radical (unpaired) electrons. The summed E-state index contributed by atoms with van der Waals surface area (Å²) in [6, 6.07) is 11.1.